The molecule has 0 aromatic carbocycles. The first-order valence-corrected chi connectivity index (χ1v) is 7.11. The fraction of sp³-hybridized carbons (Fsp3) is 0.312. The Morgan fingerprint density at radius 2 is 2.00 bits per heavy atom. The molecule has 5 nitrogen and oxygen atoms in total. The summed E-state index contributed by atoms with van der Waals surface area (Å²) in [6.45, 7) is 6.40. The van der Waals surface area contributed by atoms with Gasteiger partial charge in [-0.1, -0.05) is 6.07 Å². The molecule has 2 aromatic heterocycles. The van der Waals surface area contributed by atoms with Crippen LogP contribution >= 0.6 is 0 Å². The third kappa shape index (κ3) is 4.02. The highest BCUT2D eigenvalue weighted by molar-refractivity contribution is 5.94. The molecular weight excluding hydrogens is 264 g/mol. The molecule has 0 bridgehead atoms. The van der Waals surface area contributed by atoms with Gasteiger partial charge in [-0.15, -0.1) is 0 Å². The zero-order valence-electron chi connectivity index (χ0n) is 12.4. The average molecular weight is 284 g/mol. The maximum atomic E-state index is 12.2. The van der Waals surface area contributed by atoms with Crippen molar-refractivity contribution in [1.29, 1.82) is 0 Å². The summed E-state index contributed by atoms with van der Waals surface area (Å²) in [6, 6.07) is 5.65. The second-order valence-electron chi connectivity index (χ2n) is 4.65. The number of hydrogen-bond acceptors (Lipinski definition) is 4. The van der Waals surface area contributed by atoms with Gasteiger partial charge in [-0.25, -0.2) is 0 Å². The van der Waals surface area contributed by atoms with Crippen LogP contribution in [0, 0.1) is 0 Å². The number of carbonyl (C=O) groups excluding carboxylic acids is 1. The average Bonchev–Trinajstić information content (AvgIpc) is 2.55. The smallest absolute Gasteiger partial charge is 0.253 e. The van der Waals surface area contributed by atoms with Crippen molar-refractivity contribution in [3.05, 3.63) is 54.1 Å². The van der Waals surface area contributed by atoms with Gasteiger partial charge in [0, 0.05) is 38.2 Å². The van der Waals surface area contributed by atoms with Crippen molar-refractivity contribution in [1.82, 2.24) is 15.3 Å². The van der Waals surface area contributed by atoms with E-state index >= 15 is 0 Å². The van der Waals surface area contributed by atoms with Crippen LogP contribution in [0.2, 0.25) is 0 Å². The maximum absolute atomic E-state index is 12.2. The van der Waals surface area contributed by atoms with E-state index in [0.717, 1.165) is 24.3 Å². The van der Waals surface area contributed by atoms with Gasteiger partial charge in [0.25, 0.3) is 5.91 Å². The third-order valence-corrected chi connectivity index (χ3v) is 3.29. The standard InChI is InChI=1S/C16H20N4O/c1-3-20(4-2)15-8-14(11-18-12-15)16(21)19-10-13-6-5-7-17-9-13/h5-9,11-12H,3-4,10H2,1-2H3,(H,19,21). The second kappa shape index (κ2) is 7.38. The molecule has 2 rings (SSSR count). The first-order valence-electron chi connectivity index (χ1n) is 7.11. The van der Waals surface area contributed by atoms with Crippen molar-refractivity contribution >= 4 is 11.6 Å². The highest BCUT2D eigenvalue weighted by Crippen LogP contribution is 2.14. The van der Waals surface area contributed by atoms with Gasteiger partial charge in [-0.05, 0) is 31.5 Å². The number of nitrogens with zero attached hydrogens (tertiary/aromatic N) is 3. The Bertz CT molecular complexity index is 582. The van der Waals surface area contributed by atoms with Gasteiger partial charge >= 0.3 is 0 Å². The zero-order valence-corrected chi connectivity index (χ0v) is 12.4. The van der Waals surface area contributed by atoms with Crippen LogP contribution < -0.4 is 10.2 Å². The van der Waals surface area contributed by atoms with Gasteiger partial charge in [-0.3, -0.25) is 14.8 Å². The molecule has 0 aliphatic heterocycles. The summed E-state index contributed by atoms with van der Waals surface area (Å²) in [5.74, 6) is -0.125. The monoisotopic (exact) mass is 284 g/mol. The van der Waals surface area contributed by atoms with Crippen molar-refractivity contribution in [3.8, 4) is 0 Å². The Balaban J connectivity index is 2.04. The van der Waals surface area contributed by atoms with Crippen molar-refractivity contribution in [3.63, 3.8) is 0 Å². The summed E-state index contributed by atoms with van der Waals surface area (Å²) in [5.41, 5.74) is 2.51. The van der Waals surface area contributed by atoms with Crippen LogP contribution in [0.3, 0.4) is 0 Å². The van der Waals surface area contributed by atoms with Crippen molar-refractivity contribution in [2.75, 3.05) is 18.0 Å². The lowest BCUT2D eigenvalue weighted by atomic mass is 10.2. The molecule has 0 fully saturated rings. The molecule has 0 saturated carbocycles. The van der Waals surface area contributed by atoms with Gasteiger partial charge in [-0.2, -0.15) is 0 Å². The second-order valence-corrected chi connectivity index (χ2v) is 4.65. The van der Waals surface area contributed by atoms with E-state index in [-0.39, 0.29) is 5.91 Å². The predicted molar refractivity (Wildman–Crippen MR) is 83.2 cm³/mol. The summed E-state index contributed by atoms with van der Waals surface area (Å²) in [5, 5.41) is 2.88. The quantitative estimate of drug-likeness (QED) is 0.884. The Kier molecular flexibility index (Phi) is 5.26. The van der Waals surface area contributed by atoms with E-state index in [1.54, 1.807) is 24.8 Å². The molecule has 2 heterocycles. The molecule has 0 aliphatic carbocycles. The van der Waals surface area contributed by atoms with E-state index in [1.807, 2.05) is 18.2 Å². The number of hydrogen-bond donors (Lipinski definition) is 1. The van der Waals surface area contributed by atoms with E-state index in [1.165, 1.54) is 0 Å². The number of rotatable bonds is 6. The Hall–Kier alpha value is -2.43. The van der Waals surface area contributed by atoms with Gasteiger partial charge in [0.1, 0.15) is 0 Å². The minimum atomic E-state index is -0.125. The van der Waals surface area contributed by atoms with Gasteiger partial charge in [0.2, 0.25) is 0 Å². The van der Waals surface area contributed by atoms with Crippen LogP contribution in [0.5, 0.6) is 0 Å². The van der Waals surface area contributed by atoms with Crippen molar-refractivity contribution in [2.24, 2.45) is 0 Å². The molecule has 0 spiro atoms. The van der Waals surface area contributed by atoms with Crippen molar-refractivity contribution < 1.29 is 4.79 Å². The summed E-state index contributed by atoms with van der Waals surface area (Å²) >= 11 is 0. The topological polar surface area (TPSA) is 58.1 Å². The third-order valence-electron chi connectivity index (χ3n) is 3.29. The molecular formula is C16H20N4O. The number of aromatic nitrogens is 2. The highest BCUT2D eigenvalue weighted by atomic mass is 16.1. The molecule has 110 valence electrons. The first kappa shape index (κ1) is 15.0. The fourth-order valence-electron chi connectivity index (χ4n) is 2.10. The van der Waals surface area contributed by atoms with Crippen LogP contribution in [0.4, 0.5) is 5.69 Å². The van der Waals surface area contributed by atoms with Crippen LogP contribution in [-0.4, -0.2) is 29.0 Å². The number of pyridine rings is 2. The van der Waals surface area contributed by atoms with E-state index in [9.17, 15) is 4.79 Å². The molecule has 0 saturated heterocycles. The fourth-order valence-corrected chi connectivity index (χ4v) is 2.10. The first-order chi connectivity index (χ1) is 10.2. The zero-order chi connectivity index (χ0) is 15.1. The van der Waals surface area contributed by atoms with Gasteiger partial charge in [0.15, 0.2) is 0 Å². The highest BCUT2D eigenvalue weighted by Gasteiger charge is 2.09. The van der Waals surface area contributed by atoms with E-state index in [0.29, 0.717) is 12.1 Å². The Labute approximate surface area is 125 Å². The van der Waals surface area contributed by atoms with E-state index in [4.69, 9.17) is 0 Å². The van der Waals surface area contributed by atoms with E-state index in [2.05, 4.69) is 34.0 Å². The lowest BCUT2D eigenvalue weighted by Gasteiger charge is -2.20. The molecule has 0 aliphatic rings. The SMILES string of the molecule is CCN(CC)c1cncc(C(=O)NCc2cccnc2)c1. The minimum absolute atomic E-state index is 0.125. The predicted octanol–water partition coefficient (Wildman–Crippen LogP) is 2.25. The lowest BCUT2D eigenvalue weighted by molar-refractivity contribution is 0.0950. The van der Waals surface area contributed by atoms with Gasteiger partial charge < -0.3 is 10.2 Å². The van der Waals surface area contributed by atoms with Crippen LogP contribution in [0.1, 0.15) is 29.8 Å². The molecule has 21 heavy (non-hydrogen) atoms. The molecule has 2 aromatic rings. The number of carbonyl (C=O) groups is 1. The lowest BCUT2D eigenvalue weighted by Crippen LogP contribution is -2.25. The van der Waals surface area contributed by atoms with Crippen LogP contribution in [-0.2, 0) is 6.54 Å². The minimum Gasteiger partial charge on any atom is -0.371 e. The number of anilines is 1. The summed E-state index contributed by atoms with van der Waals surface area (Å²) < 4.78 is 0. The number of amides is 1. The molecule has 1 amide bonds. The summed E-state index contributed by atoms with van der Waals surface area (Å²) in [4.78, 5) is 22.5. The van der Waals surface area contributed by atoms with E-state index < -0.39 is 0 Å². The molecule has 1 N–H and O–H groups in total. The largest absolute Gasteiger partial charge is 0.371 e. The normalized spacial score (nSPS) is 10.2. The Morgan fingerprint density at radius 3 is 2.67 bits per heavy atom. The maximum Gasteiger partial charge on any atom is 0.253 e. The molecule has 0 unspecified atom stereocenters. The van der Waals surface area contributed by atoms with Crippen LogP contribution in [0.15, 0.2) is 43.0 Å². The number of nitrogens with one attached hydrogen (secondary N) is 1. The summed E-state index contributed by atoms with van der Waals surface area (Å²) in [7, 11) is 0. The Morgan fingerprint density at radius 1 is 1.19 bits per heavy atom. The van der Waals surface area contributed by atoms with Crippen molar-refractivity contribution in [2.45, 2.75) is 20.4 Å². The van der Waals surface area contributed by atoms with Gasteiger partial charge in [0.05, 0.1) is 17.4 Å². The molecule has 0 radical (unpaired) electrons. The van der Waals surface area contributed by atoms with Crippen LogP contribution in [0.25, 0.3) is 0 Å². The summed E-state index contributed by atoms with van der Waals surface area (Å²) in [6.07, 6.45) is 6.82. The molecule has 0 atom stereocenters. The molecule has 5 heteroatoms.